The molecule has 0 fully saturated rings. The van der Waals surface area contributed by atoms with Gasteiger partial charge in [-0.2, -0.15) is 0 Å². The summed E-state index contributed by atoms with van der Waals surface area (Å²) < 4.78 is 4.91. The zero-order chi connectivity index (χ0) is 13.4. The second-order valence-corrected chi connectivity index (χ2v) is 3.64. The van der Waals surface area contributed by atoms with Crippen LogP contribution in [0.1, 0.15) is 12.5 Å². The van der Waals surface area contributed by atoms with E-state index in [0.717, 1.165) is 5.56 Å². The number of amides is 1. The van der Waals surface area contributed by atoms with Gasteiger partial charge in [0.2, 0.25) is 5.91 Å². The van der Waals surface area contributed by atoms with E-state index in [1.54, 1.807) is 25.4 Å². The van der Waals surface area contributed by atoms with E-state index in [9.17, 15) is 9.59 Å². The fourth-order valence-corrected chi connectivity index (χ4v) is 1.44. The maximum absolute atomic E-state index is 11.7. The molecule has 0 saturated carbocycles. The van der Waals surface area contributed by atoms with Crippen LogP contribution in [0.5, 0.6) is 0 Å². The lowest BCUT2D eigenvalue weighted by Crippen LogP contribution is -2.45. The highest BCUT2D eigenvalue weighted by Crippen LogP contribution is 2.03. The summed E-state index contributed by atoms with van der Waals surface area (Å²) in [6.45, 7) is 1.81. The number of hydrogen-bond acceptors (Lipinski definition) is 5. The van der Waals surface area contributed by atoms with Crippen LogP contribution in [-0.4, -0.2) is 36.1 Å². The van der Waals surface area contributed by atoms with Crippen LogP contribution >= 0.6 is 0 Å². The molecule has 0 spiro atoms. The molecule has 0 aliphatic carbocycles. The highest BCUT2D eigenvalue weighted by molar-refractivity contribution is 5.85. The third kappa shape index (κ3) is 4.50. The largest absolute Gasteiger partial charge is 0.464 e. The Balaban J connectivity index is 2.71. The molecule has 3 N–H and O–H groups in total. The molecule has 1 aromatic heterocycles. The van der Waals surface area contributed by atoms with Crippen LogP contribution in [0.4, 0.5) is 0 Å². The fourth-order valence-electron chi connectivity index (χ4n) is 1.44. The van der Waals surface area contributed by atoms with Crippen LogP contribution in [0, 0.1) is 0 Å². The van der Waals surface area contributed by atoms with Gasteiger partial charge in [0.25, 0.3) is 0 Å². The van der Waals surface area contributed by atoms with E-state index in [-0.39, 0.29) is 13.2 Å². The lowest BCUT2D eigenvalue weighted by atomic mass is 10.1. The van der Waals surface area contributed by atoms with Crippen molar-refractivity contribution in [1.82, 2.24) is 10.3 Å². The third-order valence-electron chi connectivity index (χ3n) is 2.25. The van der Waals surface area contributed by atoms with Gasteiger partial charge in [0, 0.05) is 18.8 Å². The standard InChI is InChI=1S/C12H17N3O3/c1-2-18-12(17)10(15-11(16)7-13)6-9-4-3-5-14-8-9/h3-5,8,10H,2,6-7,13H2,1H3,(H,15,16). The van der Waals surface area contributed by atoms with Crippen molar-refractivity contribution in [1.29, 1.82) is 0 Å². The van der Waals surface area contributed by atoms with Gasteiger partial charge in [-0.1, -0.05) is 6.07 Å². The summed E-state index contributed by atoms with van der Waals surface area (Å²) in [7, 11) is 0. The molecule has 1 unspecified atom stereocenters. The number of carbonyl (C=O) groups excluding carboxylic acids is 2. The molecule has 18 heavy (non-hydrogen) atoms. The first-order valence-corrected chi connectivity index (χ1v) is 5.72. The van der Waals surface area contributed by atoms with E-state index in [0.29, 0.717) is 6.42 Å². The number of carbonyl (C=O) groups is 2. The normalized spacial score (nSPS) is 11.7. The minimum absolute atomic E-state index is 0.164. The number of rotatable bonds is 6. The molecule has 1 atom stereocenters. The third-order valence-corrected chi connectivity index (χ3v) is 2.25. The zero-order valence-electron chi connectivity index (χ0n) is 10.3. The summed E-state index contributed by atoms with van der Waals surface area (Å²) in [5.74, 6) is -0.861. The van der Waals surface area contributed by atoms with Gasteiger partial charge >= 0.3 is 5.97 Å². The molecular weight excluding hydrogens is 234 g/mol. The highest BCUT2D eigenvalue weighted by Gasteiger charge is 2.21. The van der Waals surface area contributed by atoms with Gasteiger partial charge in [0.1, 0.15) is 6.04 Å². The smallest absolute Gasteiger partial charge is 0.328 e. The van der Waals surface area contributed by atoms with Crippen molar-refractivity contribution in [2.75, 3.05) is 13.2 Å². The molecule has 98 valence electrons. The van der Waals surface area contributed by atoms with Gasteiger partial charge in [-0.15, -0.1) is 0 Å². The van der Waals surface area contributed by atoms with E-state index < -0.39 is 17.9 Å². The maximum atomic E-state index is 11.7. The summed E-state index contributed by atoms with van der Waals surface area (Å²) >= 11 is 0. The number of hydrogen-bond donors (Lipinski definition) is 2. The molecule has 1 amide bonds. The predicted molar refractivity (Wildman–Crippen MR) is 65.6 cm³/mol. The molecule has 0 aromatic carbocycles. The minimum atomic E-state index is -0.731. The fraction of sp³-hybridized carbons (Fsp3) is 0.417. The summed E-state index contributed by atoms with van der Waals surface area (Å²) in [5.41, 5.74) is 6.05. The van der Waals surface area contributed by atoms with Crippen molar-refractivity contribution in [3.63, 3.8) is 0 Å². The molecule has 0 bridgehead atoms. The van der Waals surface area contributed by atoms with Crippen molar-refractivity contribution >= 4 is 11.9 Å². The molecule has 1 aromatic rings. The first-order valence-electron chi connectivity index (χ1n) is 5.72. The molecule has 0 aliphatic rings. The molecule has 0 radical (unpaired) electrons. The molecule has 6 heteroatoms. The SMILES string of the molecule is CCOC(=O)C(Cc1cccnc1)NC(=O)CN. The number of pyridine rings is 1. The van der Waals surface area contributed by atoms with Gasteiger partial charge in [-0.3, -0.25) is 9.78 Å². The van der Waals surface area contributed by atoms with Crippen LogP contribution in [-0.2, 0) is 20.7 Å². The molecule has 1 heterocycles. The molecule has 6 nitrogen and oxygen atoms in total. The topological polar surface area (TPSA) is 94.3 Å². The second-order valence-electron chi connectivity index (χ2n) is 3.64. The van der Waals surface area contributed by atoms with E-state index in [1.807, 2.05) is 6.07 Å². The first-order chi connectivity index (χ1) is 8.67. The Morgan fingerprint density at radius 3 is 2.89 bits per heavy atom. The molecule has 0 saturated heterocycles. The second kappa shape index (κ2) is 7.39. The van der Waals surface area contributed by atoms with Gasteiger partial charge in [-0.05, 0) is 18.6 Å². The number of nitrogens with zero attached hydrogens (tertiary/aromatic N) is 1. The van der Waals surface area contributed by atoms with Crippen molar-refractivity contribution in [2.24, 2.45) is 5.73 Å². The van der Waals surface area contributed by atoms with Gasteiger partial charge < -0.3 is 15.8 Å². The number of nitrogens with two attached hydrogens (primary N) is 1. The first kappa shape index (κ1) is 14.1. The van der Waals surface area contributed by atoms with Crippen LogP contribution in [0.25, 0.3) is 0 Å². The van der Waals surface area contributed by atoms with Crippen molar-refractivity contribution in [3.05, 3.63) is 30.1 Å². The Kier molecular flexibility index (Phi) is 5.79. The summed E-state index contributed by atoms with van der Waals surface area (Å²) in [5, 5.41) is 2.53. The summed E-state index contributed by atoms with van der Waals surface area (Å²) in [6.07, 6.45) is 3.61. The Morgan fingerprint density at radius 2 is 2.33 bits per heavy atom. The Hall–Kier alpha value is -1.95. The monoisotopic (exact) mass is 251 g/mol. The highest BCUT2D eigenvalue weighted by atomic mass is 16.5. The quantitative estimate of drug-likeness (QED) is 0.673. The summed E-state index contributed by atoms with van der Waals surface area (Å²) in [4.78, 5) is 26.9. The van der Waals surface area contributed by atoms with Gasteiger partial charge in [0.15, 0.2) is 0 Å². The molecule has 0 aliphatic heterocycles. The average molecular weight is 251 g/mol. The van der Waals surface area contributed by atoms with Crippen LogP contribution in [0.15, 0.2) is 24.5 Å². The van der Waals surface area contributed by atoms with Crippen molar-refractivity contribution in [3.8, 4) is 0 Å². The van der Waals surface area contributed by atoms with E-state index in [4.69, 9.17) is 10.5 Å². The average Bonchev–Trinajstić information content (AvgIpc) is 2.39. The van der Waals surface area contributed by atoms with Crippen molar-refractivity contribution < 1.29 is 14.3 Å². The Bertz CT molecular complexity index is 395. The number of esters is 1. The minimum Gasteiger partial charge on any atom is -0.464 e. The Morgan fingerprint density at radius 1 is 1.56 bits per heavy atom. The van der Waals surface area contributed by atoms with E-state index >= 15 is 0 Å². The zero-order valence-corrected chi connectivity index (χ0v) is 10.3. The predicted octanol–water partition coefficient (Wildman–Crippen LogP) is -0.369. The molecular formula is C12H17N3O3. The Labute approximate surface area is 106 Å². The van der Waals surface area contributed by atoms with Crippen LogP contribution in [0.2, 0.25) is 0 Å². The van der Waals surface area contributed by atoms with Gasteiger partial charge in [0.05, 0.1) is 13.2 Å². The van der Waals surface area contributed by atoms with Crippen LogP contribution < -0.4 is 11.1 Å². The van der Waals surface area contributed by atoms with Gasteiger partial charge in [-0.25, -0.2) is 4.79 Å². The summed E-state index contributed by atoms with van der Waals surface area (Å²) in [6, 6.07) is 2.86. The number of nitrogens with one attached hydrogen (secondary N) is 1. The lowest BCUT2D eigenvalue weighted by molar-refractivity contribution is -0.147. The van der Waals surface area contributed by atoms with E-state index in [2.05, 4.69) is 10.3 Å². The molecule has 1 rings (SSSR count). The van der Waals surface area contributed by atoms with E-state index in [1.165, 1.54) is 0 Å². The number of aromatic nitrogens is 1. The number of ether oxygens (including phenoxy) is 1. The maximum Gasteiger partial charge on any atom is 0.328 e. The van der Waals surface area contributed by atoms with Crippen molar-refractivity contribution in [2.45, 2.75) is 19.4 Å². The van der Waals surface area contributed by atoms with Crippen LogP contribution in [0.3, 0.4) is 0 Å². The lowest BCUT2D eigenvalue weighted by Gasteiger charge is -2.16.